The van der Waals surface area contributed by atoms with E-state index in [2.05, 4.69) is 25.6 Å². The summed E-state index contributed by atoms with van der Waals surface area (Å²) in [4.78, 5) is 16.9. The van der Waals surface area contributed by atoms with E-state index in [1.165, 1.54) is 0 Å². The van der Waals surface area contributed by atoms with Gasteiger partial charge in [-0.3, -0.25) is 9.78 Å². The predicted molar refractivity (Wildman–Crippen MR) is 115 cm³/mol. The first-order valence-corrected chi connectivity index (χ1v) is 10.5. The molecule has 3 rings (SSSR count). The molecule has 28 heavy (non-hydrogen) atoms. The fourth-order valence-electron chi connectivity index (χ4n) is 2.56. The molecule has 3 aromatic rings. The van der Waals surface area contributed by atoms with Crippen molar-refractivity contribution in [2.45, 2.75) is 24.2 Å². The molecule has 0 aliphatic rings. The highest BCUT2D eigenvalue weighted by atomic mass is 79.9. The Balaban J connectivity index is 0.00000280. The predicted octanol–water partition coefficient (Wildman–Crippen LogP) is 3.90. The maximum Gasteiger partial charge on any atom is 0.150 e. The van der Waals surface area contributed by atoms with Crippen molar-refractivity contribution in [1.82, 2.24) is 4.98 Å². The van der Waals surface area contributed by atoms with Gasteiger partial charge in [-0.1, -0.05) is 34.1 Å². The van der Waals surface area contributed by atoms with Crippen LogP contribution in [0.5, 0.6) is 0 Å². The summed E-state index contributed by atoms with van der Waals surface area (Å²) >= 11 is 3.36. The standard InChI is InChI=1S/C21H19BrN2O2S.H2O/c22-18-6-11-21(12-7-18)27(26)24-19-8-3-16(4-9-19)14-20(25)10-5-17-2-1-13-23-15-17;/h1-4,6-9,11-13,15,24H,5,10,14H2;1H2. The summed E-state index contributed by atoms with van der Waals surface area (Å²) in [6.07, 6.45) is 5.12. The number of hydrogen-bond acceptors (Lipinski definition) is 3. The molecule has 0 aliphatic heterocycles. The number of nitrogens with one attached hydrogen (secondary N) is 1. The van der Waals surface area contributed by atoms with Crippen LogP contribution in [0.4, 0.5) is 5.69 Å². The van der Waals surface area contributed by atoms with Crippen LogP contribution in [0.15, 0.2) is 82.4 Å². The smallest absolute Gasteiger partial charge is 0.150 e. The van der Waals surface area contributed by atoms with Gasteiger partial charge in [0.2, 0.25) is 0 Å². The summed E-state index contributed by atoms with van der Waals surface area (Å²) in [5, 5.41) is 0. The number of Topliss-reactive ketones (excluding diaryl/α,β-unsaturated/α-hetero) is 1. The number of rotatable bonds is 8. The highest BCUT2D eigenvalue weighted by Crippen LogP contribution is 2.17. The highest BCUT2D eigenvalue weighted by Gasteiger charge is 2.07. The Hall–Kier alpha value is -2.35. The van der Waals surface area contributed by atoms with Gasteiger partial charge < -0.3 is 10.2 Å². The Morgan fingerprint density at radius 2 is 1.71 bits per heavy atom. The maximum absolute atomic E-state index is 12.3. The van der Waals surface area contributed by atoms with Crippen LogP contribution in [-0.2, 0) is 28.6 Å². The number of carbonyl (C=O) groups excluding carboxylic acids is 1. The van der Waals surface area contributed by atoms with Crippen molar-refractivity contribution in [3.63, 3.8) is 0 Å². The van der Waals surface area contributed by atoms with E-state index in [4.69, 9.17) is 0 Å². The molecule has 1 aromatic heterocycles. The molecule has 0 spiro atoms. The lowest BCUT2D eigenvalue weighted by Crippen LogP contribution is -2.06. The van der Waals surface area contributed by atoms with E-state index in [0.29, 0.717) is 24.2 Å². The minimum atomic E-state index is -1.33. The number of anilines is 1. The fourth-order valence-corrected chi connectivity index (χ4v) is 3.68. The number of carbonyl (C=O) groups is 1. The number of nitrogens with zero attached hydrogens (tertiary/aromatic N) is 1. The largest absolute Gasteiger partial charge is 0.412 e. The third-order valence-corrected chi connectivity index (χ3v) is 5.66. The van der Waals surface area contributed by atoms with Crippen LogP contribution in [0, 0.1) is 0 Å². The van der Waals surface area contributed by atoms with Crippen molar-refractivity contribution in [1.29, 1.82) is 0 Å². The normalized spacial score (nSPS) is 11.3. The molecule has 0 bridgehead atoms. The molecule has 0 fully saturated rings. The molecule has 2 aromatic carbocycles. The molecule has 3 N–H and O–H groups in total. The lowest BCUT2D eigenvalue weighted by Gasteiger charge is -2.07. The number of hydrogen-bond donors (Lipinski definition) is 1. The van der Waals surface area contributed by atoms with E-state index in [9.17, 15) is 9.00 Å². The van der Waals surface area contributed by atoms with Crippen LogP contribution in [0.25, 0.3) is 0 Å². The zero-order valence-corrected chi connectivity index (χ0v) is 17.5. The summed E-state index contributed by atoms with van der Waals surface area (Å²) < 4.78 is 16.2. The van der Waals surface area contributed by atoms with Gasteiger partial charge >= 0.3 is 0 Å². The van der Waals surface area contributed by atoms with E-state index in [-0.39, 0.29) is 11.3 Å². The van der Waals surface area contributed by atoms with Gasteiger partial charge in [-0.05, 0) is 60.0 Å². The second-order valence-electron chi connectivity index (χ2n) is 6.10. The van der Waals surface area contributed by atoms with Crippen LogP contribution in [0.2, 0.25) is 0 Å². The van der Waals surface area contributed by atoms with Crippen LogP contribution in [0.1, 0.15) is 17.5 Å². The van der Waals surface area contributed by atoms with Crippen molar-refractivity contribution in [3.8, 4) is 0 Å². The lowest BCUT2D eigenvalue weighted by atomic mass is 10.0. The topological polar surface area (TPSA) is 90.6 Å². The Morgan fingerprint density at radius 1 is 1.00 bits per heavy atom. The number of pyridine rings is 1. The summed E-state index contributed by atoms with van der Waals surface area (Å²) in [5.41, 5.74) is 2.77. The van der Waals surface area contributed by atoms with Crippen molar-refractivity contribution in [2.24, 2.45) is 0 Å². The van der Waals surface area contributed by atoms with Gasteiger partial charge in [0.15, 0.2) is 0 Å². The molecule has 1 heterocycles. The highest BCUT2D eigenvalue weighted by molar-refractivity contribution is 9.10. The number of halogens is 1. The van der Waals surface area contributed by atoms with Crippen LogP contribution < -0.4 is 4.72 Å². The molecule has 146 valence electrons. The van der Waals surface area contributed by atoms with E-state index in [0.717, 1.165) is 21.3 Å². The van der Waals surface area contributed by atoms with E-state index < -0.39 is 11.0 Å². The van der Waals surface area contributed by atoms with Gasteiger partial charge in [0, 0.05) is 35.4 Å². The van der Waals surface area contributed by atoms with Crippen molar-refractivity contribution >= 4 is 38.4 Å². The molecule has 0 radical (unpaired) electrons. The Kier molecular flexibility index (Phi) is 8.50. The number of aromatic nitrogens is 1. The Labute approximate surface area is 175 Å². The molecule has 7 heteroatoms. The minimum absolute atomic E-state index is 0. The summed E-state index contributed by atoms with van der Waals surface area (Å²) in [6, 6.07) is 18.7. The van der Waals surface area contributed by atoms with Gasteiger partial charge in [0.25, 0.3) is 0 Å². The third-order valence-electron chi connectivity index (χ3n) is 4.01. The Bertz CT molecular complexity index is 917. The molecular weight excluding hydrogens is 440 g/mol. The monoisotopic (exact) mass is 460 g/mol. The first-order chi connectivity index (χ1) is 13.1. The van der Waals surface area contributed by atoms with Gasteiger partial charge in [0.05, 0.1) is 4.90 Å². The SMILES string of the molecule is O.O=C(CCc1cccnc1)Cc1ccc(NS(=O)c2ccc(Br)cc2)cc1. The molecule has 0 amide bonds. The second-order valence-corrected chi connectivity index (χ2v) is 8.23. The van der Waals surface area contributed by atoms with Crippen molar-refractivity contribution in [3.05, 3.63) is 88.7 Å². The average molecular weight is 461 g/mol. The molecule has 1 atom stereocenters. The lowest BCUT2D eigenvalue weighted by molar-refractivity contribution is -0.118. The first-order valence-electron chi connectivity index (χ1n) is 8.54. The second kappa shape index (κ2) is 10.8. The van der Waals surface area contributed by atoms with Crippen molar-refractivity contribution < 1.29 is 14.5 Å². The van der Waals surface area contributed by atoms with Crippen molar-refractivity contribution in [2.75, 3.05) is 4.72 Å². The van der Waals surface area contributed by atoms with E-state index in [1.54, 1.807) is 12.4 Å². The molecule has 0 saturated heterocycles. The summed E-state index contributed by atoms with van der Waals surface area (Å²) in [5.74, 6) is 0.193. The van der Waals surface area contributed by atoms with Gasteiger partial charge in [-0.2, -0.15) is 0 Å². The van der Waals surface area contributed by atoms with Crippen LogP contribution in [-0.4, -0.2) is 20.5 Å². The number of benzene rings is 2. The zero-order chi connectivity index (χ0) is 19.1. The number of ketones is 1. The molecular formula is C21H21BrN2O3S. The fraction of sp³-hybridized carbons (Fsp3) is 0.143. The van der Waals surface area contributed by atoms with Gasteiger partial charge in [-0.25, -0.2) is 4.21 Å². The molecule has 0 aliphatic carbocycles. The zero-order valence-electron chi connectivity index (χ0n) is 15.1. The molecule has 1 unspecified atom stereocenters. The van der Waals surface area contributed by atoms with E-state index in [1.807, 2.05) is 60.7 Å². The third kappa shape index (κ3) is 6.67. The van der Waals surface area contributed by atoms with Gasteiger partial charge in [-0.15, -0.1) is 0 Å². The van der Waals surface area contributed by atoms with Crippen LogP contribution in [0.3, 0.4) is 0 Å². The number of aryl methyl sites for hydroxylation is 1. The van der Waals surface area contributed by atoms with Gasteiger partial charge in [0.1, 0.15) is 16.8 Å². The summed E-state index contributed by atoms with van der Waals surface area (Å²) in [7, 11) is -1.33. The Morgan fingerprint density at radius 3 is 2.36 bits per heavy atom. The molecule has 5 nitrogen and oxygen atoms in total. The average Bonchev–Trinajstić information content (AvgIpc) is 2.69. The quantitative estimate of drug-likeness (QED) is 0.552. The summed E-state index contributed by atoms with van der Waals surface area (Å²) in [6.45, 7) is 0. The van der Waals surface area contributed by atoms with Crippen LogP contribution >= 0.6 is 15.9 Å². The van der Waals surface area contributed by atoms with E-state index >= 15 is 0 Å². The minimum Gasteiger partial charge on any atom is -0.412 e. The molecule has 0 saturated carbocycles. The first kappa shape index (κ1) is 21.9. The maximum atomic E-state index is 12.3.